The van der Waals surface area contributed by atoms with Crippen molar-refractivity contribution in [2.24, 2.45) is 5.73 Å². The molecule has 0 unspecified atom stereocenters. The second kappa shape index (κ2) is 9.64. The fourth-order valence-corrected chi connectivity index (χ4v) is 5.37. The van der Waals surface area contributed by atoms with Crippen molar-refractivity contribution in [3.63, 3.8) is 0 Å². The number of hydrogen-bond acceptors (Lipinski definition) is 5. The molecule has 1 fully saturated rings. The first kappa shape index (κ1) is 23.1. The molecular weight excluding hydrogens is 460 g/mol. The number of hydrogen-bond donors (Lipinski definition) is 3. The number of primary amides is 1. The number of carbonyl (C=O) groups excluding carboxylic acids is 1. The van der Waals surface area contributed by atoms with Crippen molar-refractivity contribution in [3.8, 4) is 22.4 Å². The van der Waals surface area contributed by atoms with E-state index in [-0.39, 0.29) is 12.1 Å². The summed E-state index contributed by atoms with van der Waals surface area (Å²) in [5, 5.41) is 16.6. The first-order chi connectivity index (χ1) is 18.1. The van der Waals surface area contributed by atoms with Crippen LogP contribution >= 0.6 is 0 Å². The van der Waals surface area contributed by atoms with Gasteiger partial charge >= 0.3 is 0 Å². The first-order valence-electron chi connectivity index (χ1n) is 12.7. The highest BCUT2D eigenvalue weighted by molar-refractivity contribution is 6.05. The van der Waals surface area contributed by atoms with E-state index in [4.69, 9.17) is 10.7 Å². The average Bonchev–Trinajstić information content (AvgIpc) is 2.93. The molecule has 37 heavy (non-hydrogen) atoms. The van der Waals surface area contributed by atoms with E-state index < -0.39 is 5.91 Å². The molecule has 0 spiro atoms. The van der Waals surface area contributed by atoms with Gasteiger partial charge < -0.3 is 16.2 Å². The molecule has 0 atom stereocenters. The SMILES string of the molecule is NC(=O)c1ccc(-c2nccc3c(-c4cnc5ccccc5c4)cccc23)cc1NC1CCC(O)CC1. The lowest BCUT2D eigenvalue weighted by Crippen LogP contribution is -2.29. The quantitative estimate of drug-likeness (QED) is 0.285. The van der Waals surface area contributed by atoms with Gasteiger partial charge in [0, 0.05) is 46.0 Å². The van der Waals surface area contributed by atoms with E-state index in [9.17, 15) is 9.90 Å². The molecule has 3 aromatic carbocycles. The van der Waals surface area contributed by atoms with Crippen molar-refractivity contribution in [2.75, 3.05) is 5.32 Å². The Bertz CT molecular complexity index is 1620. The van der Waals surface area contributed by atoms with Crippen LogP contribution in [0.25, 0.3) is 44.1 Å². The number of aliphatic hydroxyl groups excluding tert-OH is 1. The number of nitrogens with zero attached hydrogens (tertiary/aromatic N) is 2. The number of anilines is 1. The Kier molecular flexibility index (Phi) is 6.02. The maximum atomic E-state index is 12.2. The minimum Gasteiger partial charge on any atom is -0.393 e. The van der Waals surface area contributed by atoms with Gasteiger partial charge in [-0.05, 0) is 67.0 Å². The highest BCUT2D eigenvalue weighted by Gasteiger charge is 2.21. The summed E-state index contributed by atoms with van der Waals surface area (Å²) in [6.07, 6.45) is 6.70. The molecule has 6 nitrogen and oxygen atoms in total. The van der Waals surface area contributed by atoms with Gasteiger partial charge in [-0.15, -0.1) is 0 Å². The molecule has 1 aliphatic rings. The standard InChI is InChI=1S/C31H28N4O2/c32-31(37)27-13-8-20(17-29(27)35-22-9-11-23(36)12-10-22)30-26-6-3-5-24(25(26)14-15-33-30)21-16-19-4-1-2-7-28(19)34-18-21/h1-8,13-18,22-23,35-36H,9-12H2,(H2,32,37). The van der Waals surface area contributed by atoms with E-state index in [0.717, 1.165) is 69.7 Å². The molecule has 0 saturated heterocycles. The molecule has 1 aliphatic carbocycles. The normalized spacial score (nSPS) is 17.6. The lowest BCUT2D eigenvalue weighted by Gasteiger charge is -2.28. The number of carbonyl (C=O) groups is 1. The van der Waals surface area contributed by atoms with Crippen molar-refractivity contribution in [1.82, 2.24) is 9.97 Å². The minimum absolute atomic E-state index is 0.184. The van der Waals surface area contributed by atoms with Gasteiger partial charge in [0.15, 0.2) is 0 Å². The van der Waals surface area contributed by atoms with Gasteiger partial charge in [-0.25, -0.2) is 0 Å². The Morgan fingerprint density at radius 2 is 1.70 bits per heavy atom. The number of fused-ring (bicyclic) bond motifs is 2. The number of amides is 1. The molecular formula is C31H28N4O2. The Balaban J connectivity index is 1.43. The second-order valence-electron chi connectivity index (χ2n) is 9.75. The maximum absolute atomic E-state index is 12.2. The van der Waals surface area contributed by atoms with Gasteiger partial charge in [-0.2, -0.15) is 0 Å². The Morgan fingerprint density at radius 3 is 2.54 bits per heavy atom. The van der Waals surface area contributed by atoms with Crippen LogP contribution in [0, 0.1) is 0 Å². The first-order valence-corrected chi connectivity index (χ1v) is 12.7. The van der Waals surface area contributed by atoms with Gasteiger partial charge in [0.1, 0.15) is 0 Å². The monoisotopic (exact) mass is 488 g/mol. The van der Waals surface area contributed by atoms with Crippen molar-refractivity contribution < 1.29 is 9.90 Å². The molecule has 1 saturated carbocycles. The summed E-state index contributed by atoms with van der Waals surface area (Å²) in [7, 11) is 0. The van der Waals surface area contributed by atoms with Crippen molar-refractivity contribution in [3.05, 3.63) is 90.8 Å². The van der Waals surface area contributed by atoms with Crippen LogP contribution in [0.5, 0.6) is 0 Å². The zero-order valence-corrected chi connectivity index (χ0v) is 20.4. The van der Waals surface area contributed by atoms with Crippen molar-refractivity contribution in [2.45, 2.75) is 37.8 Å². The Labute approximate surface area is 215 Å². The van der Waals surface area contributed by atoms with Gasteiger partial charge in [0.2, 0.25) is 0 Å². The number of aromatic nitrogens is 2. The van der Waals surface area contributed by atoms with Crippen molar-refractivity contribution in [1.29, 1.82) is 0 Å². The Morgan fingerprint density at radius 1 is 0.865 bits per heavy atom. The van der Waals surface area contributed by atoms with E-state index in [1.807, 2.05) is 54.9 Å². The van der Waals surface area contributed by atoms with Gasteiger partial charge in [-0.3, -0.25) is 14.8 Å². The molecule has 1 amide bonds. The van der Waals surface area contributed by atoms with Crippen LogP contribution < -0.4 is 11.1 Å². The summed E-state index contributed by atoms with van der Waals surface area (Å²) in [4.78, 5) is 21.6. The Hall–Kier alpha value is -4.29. The fourth-order valence-electron chi connectivity index (χ4n) is 5.37. The molecule has 6 heteroatoms. The maximum Gasteiger partial charge on any atom is 0.250 e. The summed E-state index contributed by atoms with van der Waals surface area (Å²) >= 11 is 0. The average molecular weight is 489 g/mol. The van der Waals surface area contributed by atoms with Crippen LogP contribution in [-0.4, -0.2) is 33.1 Å². The van der Waals surface area contributed by atoms with Gasteiger partial charge in [0.25, 0.3) is 5.91 Å². The molecule has 5 aromatic rings. The lowest BCUT2D eigenvalue weighted by atomic mass is 9.92. The molecule has 4 N–H and O–H groups in total. The lowest BCUT2D eigenvalue weighted by molar-refractivity contribution is 0.100. The van der Waals surface area contributed by atoms with Crippen LogP contribution in [0.2, 0.25) is 0 Å². The molecule has 0 aliphatic heterocycles. The number of para-hydroxylation sites is 1. The summed E-state index contributed by atoms with van der Waals surface area (Å²) in [6, 6.07) is 24.4. The number of pyridine rings is 2. The predicted molar refractivity (Wildman–Crippen MR) is 148 cm³/mol. The summed E-state index contributed by atoms with van der Waals surface area (Å²) < 4.78 is 0. The molecule has 2 aromatic heterocycles. The van der Waals surface area contributed by atoms with Gasteiger partial charge in [0.05, 0.1) is 22.9 Å². The molecule has 0 bridgehead atoms. The van der Waals surface area contributed by atoms with E-state index >= 15 is 0 Å². The second-order valence-corrected chi connectivity index (χ2v) is 9.75. The summed E-state index contributed by atoms with van der Waals surface area (Å²) in [6.45, 7) is 0. The number of benzene rings is 3. The third-order valence-electron chi connectivity index (χ3n) is 7.32. The summed E-state index contributed by atoms with van der Waals surface area (Å²) in [5.74, 6) is -0.470. The van der Waals surface area contributed by atoms with Crippen LogP contribution in [0.3, 0.4) is 0 Å². The van der Waals surface area contributed by atoms with Crippen LogP contribution in [0.15, 0.2) is 85.2 Å². The number of aliphatic hydroxyl groups is 1. The fraction of sp³-hybridized carbons (Fsp3) is 0.194. The van der Waals surface area contributed by atoms with Crippen LogP contribution in [-0.2, 0) is 0 Å². The van der Waals surface area contributed by atoms with Crippen molar-refractivity contribution >= 4 is 33.3 Å². The molecule has 184 valence electrons. The smallest absolute Gasteiger partial charge is 0.250 e. The third-order valence-corrected chi connectivity index (χ3v) is 7.32. The van der Waals surface area contributed by atoms with E-state index in [1.54, 1.807) is 6.07 Å². The zero-order valence-electron chi connectivity index (χ0n) is 20.4. The van der Waals surface area contributed by atoms with E-state index in [1.165, 1.54) is 0 Å². The van der Waals surface area contributed by atoms with E-state index in [2.05, 4.69) is 34.6 Å². The number of nitrogens with one attached hydrogen (secondary N) is 1. The topological polar surface area (TPSA) is 101 Å². The largest absolute Gasteiger partial charge is 0.393 e. The predicted octanol–water partition coefficient (Wildman–Crippen LogP) is 5.93. The van der Waals surface area contributed by atoms with Crippen LogP contribution in [0.1, 0.15) is 36.0 Å². The minimum atomic E-state index is -0.470. The molecule has 0 radical (unpaired) electrons. The van der Waals surface area contributed by atoms with Crippen LogP contribution in [0.4, 0.5) is 5.69 Å². The summed E-state index contributed by atoms with van der Waals surface area (Å²) in [5.41, 5.74) is 11.7. The third kappa shape index (κ3) is 4.52. The zero-order chi connectivity index (χ0) is 25.4. The molecule has 2 heterocycles. The van der Waals surface area contributed by atoms with Gasteiger partial charge in [-0.1, -0.05) is 42.5 Å². The highest BCUT2D eigenvalue weighted by atomic mass is 16.3. The number of nitrogens with two attached hydrogens (primary N) is 1. The number of rotatable bonds is 5. The van der Waals surface area contributed by atoms with E-state index in [0.29, 0.717) is 11.3 Å². The highest BCUT2D eigenvalue weighted by Crippen LogP contribution is 2.36. The molecule has 6 rings (SSSR count).